The van der Waals surface area contributed by atoms with Crippen molar-refractivity contribution < 1.29 is 0 Å². The van der Waals surface area contributed by atoms with Gasteiger partial charge in [0.15, 0.2) is 5.13 Å². The monoisotopic (exact) mass is 300 g/mol. The van der Waals surface area contributed by atoms with E-state index >= 15 is 0 Å². The smallest absolute Gasteiger partial charge is 0.187 e. The maximum Gasteiger partial charge on any atom is 0.187 e. The standard InChI is InChI=1S/C13H14Cl2N2S/c1-13(2,3)11-7-18-12(17-11)16-8-4-5-9(14)10(15)6-8/h4-7H,1-3H3,(H,16,17). The van der Waals surface area contributed by atoms with Crippen LogP contribution in [-0.2, 0) is 5.41 Å². The molecule has 5 heteroatoms. The molecule has 0 fully saturated rings. The summed E-state index contributed by atoms with van der Waals surface area (Å²) >= 11 is 13.4. The molecule has 1 heterocycles. The van der Waals surface area contributed by atoms with Gasteiger partial charge in [0.1, 0.15) is 0 Å². The molecule has 1 aromatic heterocycles. The summed E-state index contributed by atoms with van der Waals surface area (Å²) in [6.07, 6.45) is 0. The van der Waals surface area contributed by atoms with Gasteiger partial charge in [-0.3, -0.25) is 0 Å². The second-order valence-corrected chi connectivity index (χ2v) is 6.71. The molecule has 2 rings (SSSR count). The van der Waals surface area contributed by atoms with Crippen molar-refractivity contribution >= 4 is 45.4 Å². The highest BCUT2D eigenvalue weighted by Crippen LogP contribution is 2.30. The Bertz CT molecular complexity index is 558. The number of thiazole rings is 1. The minimum absolute atomic E-state index is 0.0636. The van der Waals surface area contributed by atoms with E-state index in [0.29, 0.717) is 10.0 Å². The summed E-state index contributed by atoms with van der Waals surface area (Å²) in [5, 5.41) is 7.25. The molecule has 18 heavy (non-hydrogen) atoms. The lowest BCUT2D eigenvalue weighted by Gasteiger charge is -2.14. The number of nitrogens with zero attached hydrogens (tertiary/aromatic N) is 1. The van der Waals surface area contributed by atoms with Gasteiger partial charge in [0.25, 0.3) is 0 Å². The van der Waals surface area contributed by atoms with Gasteiger partial charge in [-0.15, -0.1) is 11.3 Å². The first kappa shape index (κ1) is 13.7. The first-order valence-electron chi connectivity index (χ1n) is 5.54. The molecule has 0 aliphatic carbocycles. The number of aromatic nitrogens is 1. The van der Waals surface area contributed by atoms with E-state index in [1.165, 1.54) is 0 Å². The molecule has 0 aliphatic rings. The van der Waals surface area contributed by atoms with E-state index in [-0.39, 0.29) is 5.41 Å². The van der Waals surface area contributed by atoms with Gasteiger partial charge in [0.05, 0.1) is 15.7 Å². The third kappa shape index (κ3) is 3.16. The van der Waals surface area contributed by atoms with E-state index in [1.807, 2.05) is 6.07 Å². The molecule has 2 nitrogen and oxygen atoms in total. The fraction of sp³-hybridized carbons (Fsp3) is 0.308. The average molecular weight is 301 g/mol. The van der Waals surface area contributed by atoms with Crippen LogP contribution < -0.4 is 5.32 Å². The number of hydrogen-bond acceptors (Lipinski definition) is 3. The van der Waals surface area contributed by atoms with Crippen molar-refractivity contribution in [2.45, 2.75) is 26.2 Å². The molecule has 0 amide bonds. The maximum absolute atomic E-state index is 5.97. The average Bonchev–Trinajstić information content (AvgIpc) is 2.72. The molecule has 0 radical (unpaired) electrons. The maximum atomic E-state index is 5.97. The van der Waals surface area contributed by atoms with Crippen molar-refractivity contribution in [2.75, 3.05) is 5.32 Å². The topological polar surface area (TPSA) is 24.9 Å². The zero-order valence-electron chi connectivity index (χ0n) is 10.4. The highest BCUT2D eigenvalue weighted by Gasteiger charge is 2.17. The van der Waals surface area contributed by atoms with E-state index in [1.54, 1.807) is 23.5 Å². The van der Waals surface area contributed by atoms with Crippen molar-refractivity contribution in [2.24, 2.45) is 0 Å². The summed E-state index contributed by atoms with van der Waals surface area (Å²) in [6, 6.07) is 5.44. The van der Waals surface area contributed by atoms with Gasteiger partial charge in [-0.05, 0) is 18.2 Å². The molecule has 96 valence electrons. The first-order valence-corrected chi connectivity index (χ1v) is 7.18. The van der Waals surface area contributed by atoms with Gasteiger partial charge in [-0.1, -0.05) is 44.0 Å². The quantitative estimate of drug-likeness (QED) is 0.793. The van der Waals surface area contributed by atoms with Crippen molar-refractivity contribution in [3.8, 4) is 0 Å². The molecule has 2 aromatic rings. The molecule has 0 spiro atoms. The van der Waals surface area contributed by atoms with E-state index in [4.69, 9.17) is 23.2 Å². The number of hydrogen-bond donors (Lipinski definition) is 1. The lowest BCUT2D eigenvalue weighted by Crippen LogP contribution is -2.11. The fourth-order valence-corrected chi connectivity index (χ4v) is 2.63. The second-order valence-electron chi connectivity index (χ2n) is 5.04. The van der Waals surface area contributed by atoms with Gasteiger partial charge in [0.2, 0.25) is 0 Å². The Labute approximate surface area is 121 Å². The predicted octanol–water partition coefficient (Wildman–Crippen LogP) is 5.49. The SMILES string of the molecule is CC(C)(C)c1csc(Nc2ccc(Cl)c(Cl)c2)n1. The number of benzene rings is 1. The predicted molar refractivity (Wildman–Crippen MR) is 80.6 cm³/mol. The molecule has 0 bridgehead atoms. The summed E-state index contributed by atoms with van der Waals surface area (Å²) < 4.78 is 0. The Balaban J connectivity index is 2.19. The Morgan fingerprint density at radius 1 is 1.17 bits per heavy atom. The van der Waals surface area contributed by atoms with Crippen LogP contribution in [0.15, 0.2) is 23.6 Å². The van der Waals surface area contributed by atoms with Crippen molar-refractivity contribution in [1.82, 2.24) is 4.98 Å². The van der Waals surface area contributed by atoms with Crippen LogP contribution in [0.5, 0.6) is 0 Å². The highest BCUT2D eigenvalue weighted by atomic mass is 35.5. The van der Waals surface area contributed by atoms with Crippen LogP contribution in [-0.4, -0.2) is 4.98 Å². The normalized spacial score (nSPS) is 11.6. The van der Waals surface area contributed by atoms with Gasteiger partial charge in [0, 0.05) is 16.5 Å². The molecule has 0 aliphatic heterocycles. The number of anilines is 2. The molecule has 0 atom stereocenters. The lowest BCUT2D eigenvalue weighted by atomic mass is 9.93. The van der Waals surface area contributed by atoms with Crippen molar-refractivity contribution in [1.29, 1.82) is 0 Å². The third-order valence-corrected chi connectivity index (χ3v) is 3.94. The Morgan fingerprint density at radius 3 is 2.44 bits per heavy atom. The largest absolute Gasteiger partial charge is 0.331 e. The van der Waals surface area contributed by atoms with Crippen LogP contribution >= 0.6 is 34.5 Å². The molecule has 0 unspecified atom stereocenters. The van der Waals surface area contributed by atoms with Crippen LogP contribution in [0.4, 0.5) is 10.8 Å². The molecule has 1 aromatic carbocycles. The number of nitrogens with one attached hydrogen (secondary N) is 1. The molecular formula is C13H14Cl2N2S. The van der Waals surface area contributed by atoms with Gasteiger partial charge in [-0.25, -0.2) is 4.98 Å². The summed E-state index contributed by atoms with van der Waals surface area (Å²) in [4.78, 5) is 4.56. The van der Waals surface area contributed by atoms with Gasteiger partial charge >= 0.3 is 0 Å². The van der Waals surface area contributed by atoms with Crippen LogP contribution in [0.1, 0.15) is 26.5 Å². The summed E-state index contributed by atoms with van der Waals surface area (Å²) in [5.74, 6) is 0. The van der Waals surface area contributed by atoms with Crippen molar-refractivity contribution in [3.63, 3.8) is 0 Å². The Morgan fingerprint density at radius 2 is 1.89 bits per heavy atom. The molecule has 0 saturated carbocycles. The summed E-state index contributed by atoms with van der Waals surface area (Å²) in [5.41, 5.74) is 2.03. The van der Waals surface area contributed by atoms with Gasteiger partial charge < -0.3 is 5.32 Å². The second kappa shape index (κ2) is 5.08. The van der Waals surface area contributed by atoms with Gasteiger partial charge in [-0.2, -0.15) is 0 Å². The van der Waals surface area contributed by atoms with E-state index in [9.17, 15) is 0 Å². The van der Waals surface area contributed by atoms with E-state index in [0.717, 1.165) is 16.5 Å². The minimum atomic E-state index is 0.0636. The summed E-state index contributed by atoms with van der Waals surface area (Å²) in [6.45, 7) is 6.43. The Kier molecular flexibility index (Phi) is 3.85. The molecular weight excluding hydrogens is 287 g/mol. The zero-order chi connectivity index (χ0) is 13.3. The lowest BCUT2D eigenvalue weighted by molar-refractivity contribution is 0.573. The Hall–Kier alpha value is -0.770. The first-order chi connectivity index (χ1) is 8.36. The van der Waals surface area contributed by atoms with E-state index < -0.39 is 0 Å². The summed E-state index contributed by atoms with van der Waals surface area (Å²) in [7, 11) is 0. The molecule has 1 N–H and O–H groups in total. The third-order valence-electron chi connectivity index (χ3n) is 2.44. The van der Waals surface area contributed by atoms with Crippen LogP contribution in [0.2, 0.25) is 10.0 Å². The number of halogens is 2. The zero-order valence-corrected chi connectivity index (χ0v) is 12.7. The van der Waals surface area contributed by atoms with Crippen LogP contribution in [0.25, 0.3) is 0 Å². The van der Waals surface area contributed by atoms with Crippen LogP contribution in [0.3, 0.4) is 0 Å². The van der Waals surface area contributed by atoms with Crippen molar-refractivity contribution in [3.05, 3.63) is 39.3 Å². The highest BCUT2D eigenvalue weighted by molar-refractivity contribution is 7.13. The number of rotatable bonds is 2. The van der Waals surface area contributed by atoms with Crippen LogP contribution in [0, 0.1) is 0 Å². The minimum Gasteiger partial charge on any atom is -0.331 e. The molecule has 0 saturated heterocycles. The van der Waals surface area contributed by atoms with E-state index in [2.05, 4.69) is 36.5 Å². The fourth-order valence-electron chi connectivity index (χ4n) is 1.37.